The average molecular weight is 619 g/mol. The quantitative estimate of drug-likeness (QED) is 0.208. The molecule has 5 rings (SSSR count). The maximum atomic E-state index is 13.7. The average Bonchev–Trinajstić information content (AvgIpc) is 3.43. The maximum Gasteiger partial charge on any atom is 0.282 e. The summed E-state index contributed by atoms with van der Waals surface area (Å²) >= 11 is 6.70. The minimum atomic E-state index is -1.01. The number of carbonyl (C=O) groups excluding carboxylic acids is 1. The molecule has 3 aliphatic rings. The number of nitrogens with zero attached hydrogens (tertiary/aromatic N) is 6. The summed E-state index contributed by atoms with van der Waals surface area (Å²) in [5.41, 5.74) is 3.72. The molecule has 2 aromatic carbocycles. The van der Waals surface area contributed by atoms with Gasteiger partial charge in [-0.15, -0.1) is 0 Å². The molecule has 3 heterocycles. The number of allylic oxidation sites excluding steroid dienone is 1. The Balaban J connectivity index is 1.44. The second kappa shape index (κ2) is 13.8. The molecular formula is C34H40ClFN6O2. The van der Waals surface area contributed by atoms with Gasteiger partial charge in [0.2, 0.25) is 0 Å². The molecule has 0 saturated carbocycles. The third-order valence-electron chi connectivity index (χ3n) is 8.97. The van der Waals surface area contributed by atoms with E-state index in [0.29, 0.717) is 49.6 Å². The summed E-state index contributed by atoms with van der Waals surface area (Å²) in [5, 5.41) is 12.2. The lowest BCUT2D eigenvalue weighted by Gasteiger charge is -2.43. The number of halogens is 2. The van der Waals surface area contributed by atoms with Crippen LogP contribution in [0.15, 0.2) is 77.3 Å². The van der Waals surface area contributed by atoms with E-state index in [1.54, 1.807) is 0 Å². The van der Waals surface area contributed by atoms with Crippen LogP contribution in [-0.4, -0.2) is 91.5 Å². The number of likely N-dealkylation sites (N-methyl/N-ethyl adjacent to an activating group) is 1. The Hall–Kier alpha value is -3.87. The predicted octanol–water partition coefficient (Wildman–Crippen LogP) is 5.91. The fraction of sp³-hybridized carbons (Fsp3) is 0.441. The third-order valence-corrected chi connectivity index (χ3v) is 9.29. The second-order valence-electron chi connectivity index (χ2n) is 11.7. The van der Waals surface area contributed by atoms with Gasteiger partial charge in [-0.05, 0) is 50.4 Å². The van der Waals surface area contributed by atoms with Crippen molar-refractivity contribution < 1.29 is 13.9 Å². The molecule has 0 spiro atoms. The van der Waals surface area contributed by atoms with Gasteiger partial charge in [0.05, 0.1) is 35.8 Å². The van der Waals surface area contributed by atoms with Crippen molar-refractivity contribution in [2.45, 2.75) is 44.7 Å². The van der Waals surface area contributed by atoms with E-state index in [1.807, 2.05) is 25.1 Å². The van der Waals surface area contributed by atoms with Crippen molar-refractivity contribution in [3.8, 4) is 6.07 Å². The first kappa shape index (κ1) is 31.6. The maximum absolute atomic E-state index is 13.7. The van der Waals surface area contributed by atoms with E-state index in [9.17, 15) is 14.4 Å². The lowest BCUT2D eigenvalue weighted by Crippen LogP contribution is -2.55. The number of carbonyl (C=O) groups is 1. The summed E-state index contributed by atoms with van der Waals surface area (Å²) in [6.07, 6.45) is 3.05. The molecule has 2 fully saturated rings. The minimum Gasteiger partial charge on any atom is -0.479 e. The molecule has 0 bridgehead atoms. The number of ether oxygens (including phenoxy) is 1. The third kappa shape index (κ3) is 6.77. The molecule has 2 atom stereocenters. The molecule has 0 aromatic heterocycles. The molecule has 0 radical (unpaired) electrons. The molecule has 2 saturated heterocycles. The highest BCUT2D eigenvalue weighted by atomic mass is 35.5. The van der Waals surface area contributed by atoms with E-state index in [4.69, 9.17) is 21.3 Å². The van der Waals surface area contributed by atoms with Crippen LogP contribution in [0.25, 0.3) is 10.8 Å². The number of nitriles is 1. The summed E-state index contributed by atoms with van der Waals surface area (Å²) < 4.78 is 19.9. The van der Waals surface area contributed by atoms with Crippen LogP contribution in [0.4, 0.5) is 10.1 Å². The second-order valence-corrected chi connectivity index (χ2v) is 12.1. The zero-order valence-corrected chi connectivity index (χ0v) is 26.3. The number of hydrogen-bond donors (Lipinski definition) is 0. The Morgan fingerprint density at radius 1 is 1.16 bits per heavy atom. The Bertz CT molecular complexity index is 1540. The molecule has 232 valence electrons. The number of amides is 1. The summed E-state index contributed by atoms with van der Waals surface area (Å²) in [7, 11) is 2.13. The lowest BCUT2D eigenvalue weighted by molar-refractivity contribution is -0.133. The molecule has 1 amide bonds. The van der Waals surface area contributed by atoms with Crippen LogP contribution in [-0.2, 0) is 9.53 Å². The van der Waals surface area contributed by atoms with Gasteiger partial charge in [0.1, 0.15) is 6.61 Å². The minimum absolute atomic E-state index is 0.0883. The number of benzene rings is 2. The van der Waals surface area contributed by atoms with Gasteiger partial charge in [-0.1, -0.05) is 49.0 Å². The fourth-order valence-electron chi connectivity index (χ4n) is 6.53. The first-order valence-electron chi connectivity index (χ1n) is 15.2. The van der Waals surface area contributed by atoms with Crippen LogP contribution in [0.5, 0.6) is 0 Å². The van der Waals surface area contributed by atoms with Crippen LogP contribution in [0, 0.1) is 11.3 Å². The SMILES string of the molecule is C=C(F)C(=O)N1CCN(C(=C)C2=C(N=C(C)OCC3CCCN3C)CN(c3cccc4cccc(Cl)c34)CC2)CC1CC#N. The smallest absolute Gasteiger partial charge is 0.282 e. The van der Waals surface area contributed by atoms with Crippen molar-refractivity contribution in [2.24, 2.45) is 4.99 Å². The van der Waals surface area contributed by atoms with E-state index in [0.717, 1.165) is 52.9 Å². The Morgan fingerprint density at radius 3 is 2.64 bits per heavy atom. The Morgan fingerprint density at radius 2 is 1.93 bits per heavy atom. The Labute approximate surface area is 264 Å². The molecule has 8 nitrogen and oxygen atoms in total. The van der Waals surface area contributed by atoms with E-state index in [-0.39, 0.29) is 13.0 Å². The molecule has 3 aliphatic heterocycles. The van der Waals surface area contributed by atoms with Gasteiger partial charge in [0, 0.05) is 61.5 Å². The molecule has 2 unspecified atom stereocenters. The molecule has 0 N–H and O–H groups in total. The van der Waals surface area contributed by atoms with Crippen molar-refractivity contribution in [1.29, 1.82) is 5.26 Å². The number of fused-ring (bicyclic) bond motifs is 1. The molecule has 0 aliphatic carbocycles. The topological polar surface area (TPSA) is 75.4 Å². The van der Waals surface area contributed by atoms with Crippen molar-refractivity contribution >= 4 is 39.9 Å². The molecular weight excluding hydrogens is 579 g/mol. The Kier molecular flexibility index (Phi) is 9.92. The van der Waals surface area contributed by atoms with Crippen LogP contribution in [0.1, 0.15) is 32.6 Å². The van der Waals surface area contributed by atoms with Crippen LogP contribution in [0.2, 0.25) is 5.02 Å². The van der Waals surface area contributed by atoms with Crippen LogP contribution in [0.3, 0.4) is 0 Å². The van der Waals surface area contributed by atoms with Gasteiger partial charge in [-0.3, -0.25) is 4.79 Å². The van der Waals surface area contributed by atoms with Crippen LogP contribution >= 0.6 is 11.6 Å². The standard InChI is InChI=1S/C34H40ClFN6O2/c1-23(36)34(43)42-19-18-40(20-27(42)13-15-37)24(2)29-14-17-41(32-12-6-9-26-8-5-11-30(35)33(26)32)21-31(29)38-25(3)44-22-28-10-7-16-39(28)4/h5-6,8-9,11-12,27-28H,1-2,7,10,13-14,16-22H2,3-4H3. The lowest BCUT2D eigenvalue weighted by atomic mass is 9.98. The molecule has 2 aromatic rings. The van der Waals surface area contributed by atoms with Gasteiger partial charge >= 0.3 is 0 Å². The highest BCUT2D eigenvalue weighted by molar-refractivity contribution is 6.36. The van der Waals surface area contributed by atoms with E-state index >= 15 is 0 Å². The highest BCUT2D eigenvalue weighted by Gasteiger charge is 2.34. The number of rotatable bonds is 8. The summed E-state index contributed by atoms with van der Waals surface area (Å²) in [5.74, 6) is -1.18. The number of aliphatic imine (C=N–C) groups is 1. The van der Waals surface area contributed by atoms with E-state index in [2.05, 4.69) is 59.2 Å². The van der Waals surface area contributed by atoms with Crippen LogP contribution < -0.4 is 4.90 Å². The van der Waals surface area contributed by atoms with Crippen molar-refractivity contribution in [2.75, 3.05) is 57.8 Å². The van der Waals surface area contributed by atoms with Crippen molar-refractivity contribution in [1.82, 2.24) is 14.7 Å². The van der Waals surface area contributed by atoms with Gasteiger partial charge in [-0.25, -0.2) is 9.38 Å². The first-order chi connectivity index (χ1) is 21.2. The van der Waals surface area contributed by atoms with Crippen molar-refractivity contribution in [3.05, 3.63) is 77.4 Å². The van der Waals surface area contributed by atoms with Gasteiger partial charge < -0.3 is 24.3 Å². The predicted molar refractivity (Wildman–Crippen MR) is 174 cm³/mol. The number of piperazine rings is 1. The molecule has 10 heteroatoms. The van der Waals surface area contributed by atoms with Gasteiger partial charge in [0.15, 0.2) is 11.7 Å². The molecule has 44 heavy (non-hydrogen) atoms. The summed E-state index contributed by atoms with van der Waals surface area (Å²) in [6, 6.07) is 14.2. The zero-order valence-electron chi connectivity index (χ0n) is 25.6. The summed E-state index contributed by atoms with van der Waals surface area (Å²) in [4.78, 5) is 25.6. The normalized spacial score (nSPS) is 21.5. The van der Waals surface area contributed by atoms with Gasteiger partial charge in [0.25, 0.3) is 5.91 Å². The highest BCUT2D eigenvalue weighted by Crippen LogP contribution is 2.37. The largest absolute Gasteiger partial charge is 0.479 e. The van der Waals surface area contributed by atoms with Gasteiger partial charge in [-0.2, -0.15) is 5.26 Å². The van der Waals surface area contributed by atoms with Crippen molar-refractivity contribution in [3.63, 3.8) is 0 Å². The first-order valence-corrected chi connectivity index (χ1v) is 15.5. The number of hydrogen-bond acceptors (Lipinski definition) is 7. The summed E-state index contributed by atoms with van der Waals surface area (Å²) in [6.45, 7) is 13.6. The zero-order chi connectivity index (χ0) is 31.4. The fourth-order valence-corrected chi connectivity index (χ4v) is 6.81. The monoisotopic (exact) mass is 618 g/mol. The van der Waals surface area contributed by atoms with E-state index < -0.39 is 17.8 Å². The number of likely N-dealkylation sites (tertiary alicyclic amines) is 1. The number of anilines is 1. The van der Waals surface area contributed by atoms with E-state index in [1.165, 1.54) is 11.3 Å².